The topological polar surface area (TPSA) is 24.1 Å². The van der Waals surface area contributed by atoms with Crippen LogP contribution < -0.4 is 10.6 Å². The number of rotatable bonds is 8. The predicted molar refractivity (Wildman–Crippen MR) is 92.6 cm³/mol. The second-order valence-electron chi connectivity index (χ2n) is 5.87. The molecular formula is C19H23F3N2. The lowest BCUT2D eigenvalue weighted by Gasteiger charge is -2.19. The molecule has 0 aliphatic rings. The van der Waals surface area contributed by atoms with Gasteiger partial charge in [0.15, 0.2) is 0 Å². The molecule has 0 aliphatic heterocycles. The monoisotopic (exact) mass is 336 g/mol. The second kappa shape index (κ2) is 8.73. The first-order valence-corrected chi connectivity index (χ1v) is 8.20. The molecule has 2 N–H and O–H groups in total. The molecule has 0 aromatic heterocycles. The quantitative estimate of drug-likeness (QED) is 0.712. The number of hydrogen-bond acceptors (Lipinski definition) is 2. The van der Waals surface area contributed by atoms with E-state index in [0.29, 0.717) is 5.69 Å². The number of benzene rings is 2. The molecule has 0 fully saturated rings. The lowest BCUT2D eigenvalue weighted by atomic mass is 10.0. The highest BCUT2D eigenvalue weighted by Crippen LogP contribution is 2.27. The molecule has 0 heterocycles. The summed E-state index contributed by atoms with van der Waals surface area (Å²) in [6.45, 7) is 2.98. The minimum Gasteiger partial charge on any atom is -0.382 e. The molecule has 0 bridgehead atoms. The van der Waals surface area contributed by atoms with E-state index < -0.39 is 17.5 Å². The van der Waals surface area contributed by atoms with Crippen molar-refractivity contribution in [3.8, 4) is 11.1 Å². The molecule has 130 valence electrons. The Kier molecular flexibility index (Phi) is 6.67. The summed E-state index contributed by atoms with van der Waals surface area (Å²) in [6, 6.07) is 7.94. The van der Waals surface area contributed by atoms with Crippen molar-refractivity contribution in [1.29, 1.82) is 0 Å². The molecule has 24 heavy (non-hydrogen) atoms. The fraction of sp³-hybridized carbons (Fsp3) is 0.368. The van der Waals surface area contributed by atoms with Gasteiger partial charge in [0.1, 0.15) is 17.5 Å². The molecule has 0 radical (unpaired) electrons. The van der Waals surface area contributed by atoms with Crippen molar-refractivity contribution < 1.29 is 13.2 Å². The Bertz CT molecular complexity index is 653. The first-order chi connectivity index (χ1) is 11.5. The van der Waals surface area contributed by atoms with Crippen LogP contribution in [0.5, 0.6) is 0 Å². The van der Waals surface area contributed by atoms with Crippen LogP contribution in [0.2, 0.25) is 0 Å². The van der Waals surface area contributed by atoms with Crippen molar-refractivity contribution in [2.45, 2.75) is 32.2 Å². The first kappa shape index (κ1) is 18.3. The van der Waals surface area contributed by atoms with Crippen molar-refractivity contribution in [2.24, 2.45) is 0 Å². The van der Waals surface area contributed by atoms with E-state index in [1.165, 1.54) is 6.07 Å². The number of anilines is 1. The molecule has 0 spiro atoms. The largest absolute Gasteiger partial charge is 0.382 e. The highest BCUT2D eigenvalue weighted by atomic mass is 19.1. The fourth-order valence-electron chi connectivity index (χ4n) is 2.74. The third kappa shape index (κ3) is 4.99. The second-order valence-corrected chi connectivity index (χ2v) is 5.87. The highest BCUT2D eigenvalue weighted by Gasteiger charge is 2.11. The van der Waals surface area contributed by atoms with E-state index in [0.717, 1.165) is 44.0 Å². The van der Waals surface area contributed by atoms with Crippen LogP contribution in [0.25, 0.3) is 11.1 Å². The van der Waals surface area contributed by atoms with E-state index in [9.17, 15) is 13.2 Å². The molecule has 0 saturated carbocycles. The maximum absolute atomic E-state index is 14.4. The molecular weight excluding hydrogens is 313 g/mol. The summed E-state index contributed by atoms with van der Waals surface area (Å²) in [7, 11) is 1.90. The van der Waals surface area contributed by atoms with Crippen LogP contribution in [0.1, 0.15) is 26.2 Å². The summed E-state index contributed by atoms with van der Waals surface area (Å²) >= 11 is 0. The normalized spacial score (nSPS) is 12.2. The standard InChI is InChI=1S/C19H23F3N2/c1-3-4-16(7-8-23-2)24-17-5-6-18(19(22)12-17)13-9-14(20)11-15(21)10-13/h5-6,9-12,16,23-24H,3-4,7-8H2,1-2H3. The van der Waals surface area contributed by atoms with Crippen LogP contribution in [0.15, 0.2) is 36.4 Å². The summed E-state index contributed by atoms with van der Waals surface area (Å²) in [4.78, 5) is 0. The zero-order valence-electron chi connectivity index (χ0n) is 14.0. The van der Waals surface area contributed by atoms with E-state index >= 15 is 0 Å². The van der Waals surface area contributed by atoms with Gasteiger partial charge in [0.25, 0.3) is 0 Å². The van der Waals surface area contributed by atoms with Crippen LogP contribution in [0.4, 0.5) is 18.9 Å². The van der Waals surface area contributed by atoms with Gasteiger partial charge in [-0.2, -0.15) is 0 Å². The molecule has 5 heteroatoms. The lowest BCUT2D eigenvalue weighted by molar-refractivity contribution is 0.573. The van der Waals surface area contributed by atoms with E-state index in [1.807, 2.05) is 7.05 Å². The van der Waals surface area contributed by atoms with Crippen molar-refractivity contribution >= 4 is 5.69 Å². The summed E-state index contributed by atoms with van der Waals surface area (Å²) in [5.74, 6) is -1.95. The zero-order chi connectivity index (χ0) is 17.5. The first-order valence-electron chi connectivity index (χ1n) is 8.20. The maximum Gasteiger partial charge on any atom is 0.133 e. The molecule has 1 unspecified atom stereocenters. The predicted octanol–water partition coefficient (Wildman–Crippen LogP) is 4.96. The Labute approximate surface area is 141 Å². The minimum absolute atomic E-state index is 0.182. The molecule has 0 saturated heterocycles. The Hall–Kier alpha value is -2.01. The molecule has 2 rings (SSSR count). The van der Waals surface area contributed by atoms with Gasteiger partial charge in [-0.1, -0.05) is 13.3 Å². The van der Waals surface area contributed by atoms with Gasteiger partial charge in [-0.25, -0.2) is 13.2 Å². The average Bonchev–Trinajstić information content (AvgIpc) is 2.52. The van der Waals surface area contributed by atoms with Gasteiger partial charge in [0, 0.05) is 23.4 Å². The maximum atomic E-state index is 14.4. The van der Waals surface area contributed by atoms with E-state index in [2.05, 4.69) is 17.6 Å². The summed E-state index contributed by atoms with van der Waals surface area (Å²) in [6.07, 6.45) is 2.95. The third-order valence-corrected chi connectivity index (χ3v) is 3.89. The van der Waals surface area contributed by atoms with Crippen LogP contribution in [0, 0.1) is 17.5 Å². The highest BCUT2D eigenvalue weighted by molar-refractivity contribution is 5.67. The summed E-state index contributed by atoms with van der Waals surface area (Å²) in [5, 5.41) is 6.44. The average molecular weight is 336 g/mol. The van der Waals surface area contributed by atoms with Gasteiger partial charge in [0.05, 0.1) is 0 Å². The van der Waals surface area contributed by atoms with Gasteiger partial charge in [-0.15, -0.1) is 0 Å². The smallest absolute Gasteiger partial charge is 0.133 e. The van der Waals surface area contributed by atoms with E-state index in [-0.39, 0.29) is 17.2 Å². The van der Waals surface area contributed by atoms with E-state index in [4.69, 9.17) is 0 Å². The summed E-state index contributed by atoms with van der Waals surface area (Å²) < 4.78 is 41.0. The Morgan fingerprint density at radius 2 is 1.67 bits per heavy atom. The lowest BCUT2D eigenvalue weighted by Crippen LogP contribution is -2.24. The SMILES string of the molecule is CCCC(CCNC)Nc1ccc(-c2cc(F)cc(F)c2)c(F)c1. The van der Waals surface area contributed by atoms with Crippen LogP contribution in [-0.4, -0.2) is 19.6 Å². The Morgan fingerprint density at radius 1 is 0.958 bits per heavy atom. The molecule has 2 aromatic rings. The third-order valence-electron chi connectivity index (χ3n) is 3.89. The van der Waals surface area contributed by atoms with Crippen molar-refractivity contribution in [3.05, 3.63) is 53.8 Å². The number of nitrogens with one attached hydrogen (secondary N) is 2. The van der Waals surface area contributed by atoms with Crippen molar-refractivity contribution in [2.75, 3.05) is 18.9 Å². The molecule has 2 nitrogen and oxygen atoms in total. The number of hydrogen-bond donors (Lipinski definition) is 2. The Morgan fingerprint density at radius 3 is 2.25 bits per heavy atom. The van der Waals surface area contributed by atoms with E-state index in [1.54, 1.807) is 12.1 Å². The van der Waals surface area contributed by atoms with Gasteiger partial charge < -0.3 is 10.6 Å². The molecule has 1 atom stereocenters. The molecule has 0 amide bonds. The minimum atomic E-state index is -0.721. The number of halogens is 3. The van der Waals surface area contributed by atoms with Gasteiger partial charge in [-0.3, -0.25) is 0 Å². The van der Waals surface area contributed by atoms with Gasteiger partial charge in [0.2, 0.25) is 0 Å². The van der Waals surface area contributed by atoms with Gasteiger partial charge >= 0.3 is 0 Å². The fourth-order valence-corrected chi connectivity index (χ4v) is 2.74. The summed E-state index contributed by atoms with van der Waals surface area (Å²) in [5.41, 5.74) is 1.04. The Balaban J connectivity index is 2.19. The van der Waals surface area contributed by atoms with Crippen molar-refractivity contribution in [1.82, 2.24) is 5.32 Å². The van der Waals surface area contributed by atoms with Gasteiger partial charge in [-0.05, 0) is 62.3 Å². The van der Waals surface area contributed by atoms with Crippen LogP contribution in [0.3, 0.4) is 0 Å². The van der Waals surface area contributed by atoms with Crippen LogP contribution >= 0.6 is 0 Å². The zero-order valence-corrected chi connectivity index (χ0v) is 14.0. The molecule has 0 aliphatic carbocycles. The molecule has 2 aromatic carbocycles. The van der Waals surface area contributed by atoms with Crippen molar-refractivity contribution in [3.63, 3.8) is 0 Å². The van der Waals surface area contributed by atoms with Crippen LogP contribution in [-0.2, 0) is 0 Å².